The molecule has 2 aromatic rings. The van der Waals surface area contributed by atoms with Gasteiger partial charge in [-0.2, -0.15) is 0 Å². The molecule has 3 nitrogen and oxygen atoms in total. The van der Waals surface area contributed by atoms with E-state index in [1.807, 2.05) is 12.5 Å². The Morgan fingerprint density at radius 3 is 2.63 bits per heavy atom. The zero-order chi connectivity index (χ0) is 12.7. The van der Waals surface area contributed by atoms with Gasteiger partial charge in [-0.15, -0.1) is 0 Å². The standard InChI is InChI=1S/C16H19N3/c1-2-5-13-9-14(8-12(13)4-1)19-11-17-10-16(19)15-6-3-7-18-15/h1-2,4-5,10-11,14-15,18H,3,6-9H2/t15-/m0/s1. The Morgan fingerprint density at radius 1 is 1.16 bits per heavy atom. The second-order valence-electron chi connectivity index (χ2n) is 5.71. The van der Waals surface area contributed by atoms with Crippen molar-refractivity contribution >= 4 is 0 Å². The predicted molar refractivity (Wildman–Crippen MR) is 75.1 cm³/mol. The van der Waals surface area contributed by atoms with Crippen LogP contribution in [-0.4, -0.2) is 16.1 Å². The summed E-state index contributed by atoms with van der Waals surface area (Å²) in [5.41, 5.74) is 4.38. The summed E-state index contributed by atoms with van der Waals surface area (Å²) in [7, 11) is 0. The Bertz CT molecular complexity index is 556. The van der Waals surface area contributed by atoms with Gasteiger partial charge in [-0.3, -0.25) is 0 Å². The number of hydrogen-bond donors (Lipinski definition) is 1. The van der Waals surface area contributed by atoms with Crippen molar-refractivity contribution in [3.8, 4) is 0 Å². The lowest BCUT2D eigenvalue weighted by molar-refractivity contribution is 0.478. The number of fused-ring (bicyclic) bond motifs is 1. The molecule has 1 aromatic carbocycles. The van der Waals surface area contributed by atoms with Gasteiger partial charge >= 0.3 is 0 Å². The van der Waals surface area contributed by atoms with Crippen molar-refractivity contribution < 1.29 is 0 Å². The largest absolute Gasteiger partial charge is 0.329 e. The highest BCUT2D eigenvalue weighted by molar-refractivity contribution is 5.33. The van der Waals surface area contributed by atoms with Gasteiger partial charge < -0.3 is 9.88 Å². The highest BCUT2D eigenvalue weighted by Crippen LogP contribution is 2.33. The fourth-order valence-electron chi connectivity index (χ4n) is 3.56. The SMILES string of the molecule is c1ccc2c(c1)CC(n1cncc1[C@@H]1CCCN1)C2. The van der Waals surface area contributed by atoms with E-state index in [4.69, 9.17) is 0 Å². The van der Waals surface area contributed by atoms with Crippen molar-refractivity contribution in [2.24, 2.45) is 0 Å². The van der Waals surface area contributed by atoms with Crippen molar-refractivity contribution in [2.75, 3.05) is 6.54 Å². The van der Waals surface area contributed by atoms with Gasteiger partial charge in [0.15, 0.2) is 0 Å². The maximum absolute atomic E-state index is 4.40. The van der Waals surface area contributed by atoms with Crippen LogP contribution in [0.5, 0.6) is 0 Å². The van der Waals surface area contributed by atoms with Crippen molar-refractivity contribution in [3.05, 3.63) is 53.6 Å². The van der Waals surface area contributed by atoms with Gasteiger partial charge in [0.1, 0.15) is 0 Å². The third-order valence-corrected chi connectivity index (χ3v) is 4.54. The van der Waals surface area contributed by atoms with E-state index < -0.39 is 0 Å². The predicted octanol–water partition coefficient (Wildman–Crippen LogP) is 2.65. The third-order valence-electron chi connectivity index (χ3n) is 4.54. The fraction of sp³-hybridized carbons (Fsp3) is 0.438. The van der Waals surface area contributed by atoms with Gasteiger partial charge in [-0.1, -0.05) is 24.3 Å². The molecule has 0 spiro atoms. The first kappa shape index (κ1) is 11.2. The molecule has 0 saturated carbocycles. The molecular formula is C16H19N3. The van der Waals surface area contributed by atoms with E-state index in [0.29, 0.717) is 12.1 Å². The summed E-state index contributed by atoms with van der Waals surface area (Å²) in [5.74, 6) is 0. The molecule has 0 bridgehead atoms. The minimum atomic E-state index is 0.506. The smallest absolute Gasteiger partial charge is 0.0951 e. The molecule has 0 unspecified atom stereocenters. The number of nitrogens with one attached hydrogen (secondary N) is 1. The summed E-state index contributed by atoms with van der Waals surface area (Å²) in [4.78, 5) is 4.40. The Balaban J connectivity index is 1.63. The van der Waals surface area contributed by atoms with Gasteiger partial charge in [-0.25, -0.2) is 4.98 Å². The second kappa shape index (κ2) is 4.49. The van der Waals surface area contributed by atoms with Crippen LogP contribution in [0.4, 0.5) is 0 Å². The molecule has 4 rings (SSSR count). The quantitative estimate of drug-likeness (QED) is 0.891. The van der Waals surface area contributed by atoms with Crippen LogP contribution in [-0.2, 0) is 12.8 Å². The first-order chi connectivity index (χ1) is 9.42. The van der Waals surface area contributed by atoms with E-state index in [1.165, 1.54) is 29.7 Å². The van der Waals surface area contributed by atoms with Crippen molar-refractivity contribution in [1.29, 1.82) is 0 Å². The first-order valence-electron chi connectivity index (χ1n) is 7.24. The second-order valence-corrected chi connectivity index (χ2v) is 5.71. The lowest BCUT2D eigenvalue weighted by Crippen LogP contribution is -2.19. The summed E-state index contributed by atoms with van der Waals surface area (Å²) in [6.07, 6.45) is 8.88. The maximum atomic E-state index is 4.40. The Labute approximate surface area is 113 Å². The minimum Gasteiger partial charge on any atom is -0.329 e. The zero-order valence-electron chi connectivity index (χ0n) is 11.0. The van der Waals surface area contributed by atoms with Crippen LogP contribution in [0.3, 0.4) is 0 Å². The van der Waals surface area contributed by atoms with E-state index in [0.717, 1.165) is 19.4 Å². The van der Waals surface area contributed by atoms with Crippen LogP contribution in [0, 0.1) is 0 Å². The molecule has 1 aliphatic heterocycles. The van der Waals surface area contributed by atoms with Crippen molar-refractivity contribution in [3.63, 3.8) is 0 Å². The molecule has 1 atom stereocenters. The lowest BCUT2D eigenvalue weighted by atomic mass is 10.1. The van der Waals surface area contributed by atoms with E-state index >= 15 is 0 Å². The summed E-state index contributed by atoms with van der Waals surface area (Å²) in [6, 6.07) is 9.88. The third kappa shape index (κ3) is 1.89. The van der Waals surface area contributed by atoms with Crippen LogP contribution >= 0.6 is 0 Å². The number of hydrogen-bond acceptors (Lipinski definition) is 2. The molecule has 1 aliphatic carbocycles. The summed E-state index contributed by atoms with van der Waals surface area (Å²) in [6.45, 7) is 1.14. The van der Waals surface area contributed by atoms with Crippen LogP contribution < -0.4 is 5.32 Å². The molecule has 19 heavy (non-hydrogen) atoms. The molecule has 1 saturated heterocycles. The molecule has 3 heteroatoms. The lowest BCUT2D eigenvalue weighted by Gasteiger charge is -2.19. The summed E-state index contributed by atoms with van der Waals surface area (Å²) < 4.78 is 2.41. The van der Waals surface area contributed by atoms with Gasteiger partial charge in [0.25, 0.3) is 0 Å². The highest BCUT2D eigenvalue weighted by Gasteiger charge is 2.27. The van der Waals surface area contributed by atoms with Gasteiger partial charge in [0.2, 0.25) is 0 Å². The van der Waals surface area contributed by atoms with E-state index in [-0.39, 0.29) is 0 Å². The molecular weight excluding hydrogens is 234 g/mol. The number of benzene rings is 1. The molecule has 0 radical (unpaired) electrons. The molecule has 1 N–H and O–H groups in total. The van der Waals surface area contributed by atoms with Crippen LogP contribution in [0.1, 0.15) is 41.7 Å². The average Bonchev–Trinajstić information content (AvgIpc) is 3.17. The van der Waals surface area contributed by atoms with Crippen molar-refractivity contribution in [1.82, 2.24) is 14.9 Å². The molecule has 1 aromatic heterocycles. The van der Waals surface area contributed by atoms with E-state index in [1.54, 1.807) is 0 Å². The molecule has 98 valence electrons. The number of nitrogens with zero attached hydrogens (tertiary/aromatic N) is 2. The maximum Gasteiger partial charge on any atom is 0.0951 e. The number of rotatable bonds is 2. The summed E-state index contributed by atoms with van der Waals surface area (Å²) >= 11 is 0. The molecule has 2 aliphatic rings. The van der Waals surface area contributed by atoms with E-state index in [9.17, 15) is 0 Å². The van der Waals surface area contributed by atoms with Gasteiger partial charge in [0.05, 0.1) is 12.0 Å². The first-order valence-corrected chi connectivity index (χ1v) is 7.24. The average molecular weight is 253 g/mol. The van der Waals surface area contributed by atoms with Gasteiger partial charge in [-0.05, 0) is 43.4 Å². The number of aromatic nitrogens is 2. The Morgan fingerprint density at radius 2 is 1.95 bits per heavy atom. The molecule has 2 heterocycles. The van der Waals surface area contributed by atoms with Gasteiger partial charge in [0, 0.05) is 18.3 Å². The molecule has 0 amide bonds. The van der Waals surface area contributed by atoms with Crippen LogP contribution in [0.25, 0.3) is 0 Å². The van der Waals surface area contributed by atoms with E-state index in [2.05, 4.69) is 39.1 Å². The zero-order valence-corrected chi connectivity index (χ0v) is 11.0. The number of imidazole rings is 1. The molecule has 1 fully saturated rings. The van der Waals surface area contributed by atoms with Crippen molar-refractivity contribution in [2.45, 2.75) is 37.8 Å². The van der Waals surface area contributed by atoms with Crippen LogP contribution in [0.2, 0.25) is 0 Å². The highest BCUT2D eigenvalue weighted by atomic mass is 15.1. The Hall–Kier alpha value is -1.61. The fourth-order valence-corrected chi connectivity index (χ4v) is 3.56. The van der Waals surface area contributed by atoms with Crippen LogP contribution in [0.15, 0.2) is 36.8 Å². The topological polar surface area (TPSA) is 29.9 Å². The normalized spacial score (nSPS) is 22.8. The monoisotopic (exact) mass is 253 g/mol. The minimum absolute atomic E-state index is 0.506. The Kier molecular flexibility index (Phi) is 2.66. The summed E-state index contributed by atoms with van der Waals surface area (Å²) in [5, 5.41) is 3.58.